The average molecular weight is 931 g/mol. The first-order valence-corrected chi connectivity index (χ1v) is 28.1. The molecular weight excluding hydrogens is 832 g/mol. The maximum Gasteiger partial charge on any atom is 0.472 e. The van der Waals surface area contributed by atoms with Gasteiger partial charge in [0.2, 0.25) is 0 Å². The topological polar surface area (TPSA) is 155 Å². The fraction of sp³-hybridized carbons (Fsp3) is 0.904. The molecule has 0 aliphatic heterocycles. The first-order valence-electron chi connectivity index (χ1n) is 26.6. The largest absolute Gasteiger partial charge is 0.472 e. The van der Waals surface area contributed by atoms with Crippen LogP contribution in [0.1, 0.15) is 265 Å². The molecular formula is C52H99O11P. The van der Waals surface area contributed by atoms with E-state index >= 15 is 0 Å². The van der Waals surface area contributed by atoms with Crippen molar-refractivity contribution in [1.82, 2.24) is 0 Å². The lowest BCUT2D eigenvalue weighted by Crippen LogP contribution is -2.30. The smallest absolute Gasteiger partial charge is 0.462 e. The molecule has 0 rings (SSSR count). The molecule has 0 fully saturated rings. The van der Waals surface area contributed by atoms with Crippen LogP contribution in [-0.4, -0.2) is 66.5 Å². The van der Waals surface area contributed by atoms with Crippen LogP contribution in [0.2, 0.25) is 0 Å². The van der Waals surface area contributed by atoms with Crippen LogP contribution in [0.25, 0.3) is 0 Å². The normalized spacial score (nSPS) is 13.5. The molecule has 0 aliphatic carbocycles. The highest BCUT2D eigenvalue weighted by molar-refractivity contribution is 7.47. The summed E-state index contributed by atoms with van der Waals surface area (Å²) in [5, 5.41) is 9.76. The van der Waals surface area contributed by atoms with Crippen LogP contribution in [0.15, 0.2) is 12.2 Å². The number of ether oxygens (including phenoxy) is 3. The molecule has 0 radical (unpaired) electrons. The van der Waals surface area contributed by atoms with Crippen molar-refractivity contribution in [2.24, 2.45) is 0 Å². The first-order chi connectivity index (χ1) is 31.2. The number of allylic oxidation sites excluding steroid dienone is 2. The number of carbonyl (C=O) groups is 3. The van der Waals surface area contributed by atoms with E-state index in [-0.39, 0.29) is 25.9 Å². The Hall–Kier alpha value is -1.78. The van der Waals surface area contributed by atoms with Crippen molar-refractivity contribution in [2.75, 3.05) is 26.4 Å². The first kappa shape index (κ1) is 62.2. The van der Waals surface area contributed by atoms with Crippen LogP contribution in [0.5, 0.6) is 0 Å². The zero-order valence-corrected chi connectivity index (χ0v) is 42.4. The molecule has 0 aromatic rings. The Morgan fingerprint density at radius 2 is 0.734 bits per heavy atom. The summed E-state index contributed by atoms with van der Waals surface area (Å²) in [5.41, 5.74) is 0. The number of hydrogen-bond donors (Lipinski definition) is 2. The number of phosphoric acid groups is 1. The second kappa shape index (κ2) is 47.7. The van der Waals surface area contributed by atoms with Gasteiger partial charge in [0.1, 0.15) is 12.7 Å². The third kappa shape index (κ3) is 45.4. The fourth-order valence-electron chi connectivity index (χ4n) is 7.57. The molecule has 3 atom stereocenters. The number of rotatable bonds is 50. The maximum atomic E-state index is 12.8. The Morgan fingerprint density at radius 1 is 0.422 bits per heavy atom. The van der Waals surface area contributed by atoms with E-state index in [0.717, 1.165) is 77.0 Å². The Morgan fingerprint density at radius 3 is 1.12 bits per heavy atom. The van der Waals surface area contributed by atoms with Gasteiger partial charge in [-0.1, -0.05) is 219 Å². The zero-order valence-electron chi connectivity index (χ0n) is 41.5. The van der Waals surface area contributed by atoms with E-state index in [1.807, 2.05) is 0 Å². The molecule has 378 valence electrons. The van der Waals surface area contributed by atoms with Gasteiger partial charge in [0.25, 0.3) is 0 Å². The molecule has 11 nitrogen and oxygen atoms in total. The number of hydrogen-bond acceptors (Lipinski definition) is 10. The Labute approximate surface area is 392 Å². The van der Waals surface area contributed by atoms with Crippen LogP contribution in [0, 0.1) is 0 Å². The zero-order chi connectivity index (χ0) is 47.0. The molecule has 64 heavy (non-hydrogen) atoms. The molecule has 12 heteroatoms. The molecule has 0 spiro atoms. The quantitative estimate of drug-likeness (QED) is 0.0197. The third-order valence-electron chi connectivity index (χ3n) is 11.7. The van der Waals surface area contributed by atoms with Gasteiger partial charge in [0.05, 0.1) is 19.8 Å². The monoisotopic (exact) mass is 931 g/mol. The van der Waals surface area contributed by atoms with Crippen molar-refractivity contribution in [2.45, 2.75) is 277 Å². The SMILES string of the molecule is CCCC/C=C\CCCCCCCC(=O)OCC(COP(=O)(O)OCC(CO)OC(=O)CCCCCCCCCCCCC)OC(=O)CCCCCCCCCCCCCCCCC. The van der Waals surface area contributed by atoms with Gasteiger partial charge in [0, 0.05) is 19.3 Å². The summed E-state index contributed by atoms with van der Waals surface area (Å²) in [4.78, 5) is 48.2. The summed E-state index contributed by atoms with van der Waals surface area (Å²) in [6.07, 6.45) is 43.2. The number of carbonyl (C=O) groups excluding carboxylic acids is 3. The summed E-state index contributed by atoms with van der Waals surface area (Å²) in [6, 6.07) is 0. The van der Waals surface area contributed by atoms with Gasteiger partial charge in [-0.2, -0.15) is 0 Å². The van der Waals surface area contributed by atoms with Crippen molar-refractivity contribution in [3.05, 3.63) is 12.2 Å². The van der Waals surface area contributed by atoms with E-state index in [1.54, 1.807) is 0 Å². The van der Waals surface area contributed by atoms with Gasteiger partial charge in [0.15, 0.2) is 6.10 Å². The summed E-state index contributed by atoms with van der Waals surface area (Å²) >= 11 is 0. The van der Waals surface area contributed by atoms with Gasteiger partial charge in [-0.25, -0.2) is 4.57 Å². The Kier molecular flexibility index (Phi) is 46.4. The number of aliphatic hydroxyl groups is 1. The number of unbranched alkanes of at least 4 members (excludes halogenated alkanes) is 31. The molecule has 0 bridgehead atoms. The highest BCUT2D eigenvalue weighted by Gasteiger charge is 2.28. The molecule has 0 saturated heterocycles. The molecule has 0 aromatic carbocycles. The summed E-state index contributed by atoms with van der Waals surface area (Å²) in [6.45, 7) is 4.62. The van der Waals surface area contributed by atoms with Crippen molar-refractivity contribution >= 4 is 25.7 Å². The van der Waals surface area contributed by atoms with Crippen LogP contribution in [0.3, 0.4) is 0 Å². The van der Waals surface area contributed by atoms with E-state index in [4.69, 9.17) is 23.3 Å². The minimum Gasteiger partial charge on any atom is -0.462 e. The van der Waals surface area contributed by atoms with E-state index in [9.17, 15) is 28.9 Å². The van der Waals surface area contributed by atoms with Gasteiger partial charge < -0.3 is 24.2 Å². The predicted molar refractivity (Wildman–Crippen MR) is 261 cm³/mol. The van der Waals surface area contributed by atoms with E-state index < -0.39 is 57.8 Å². The van der Waals surface area contributed by atoms with Crippen LogP contribution in [0.4, 0.5) is 0 Å². The minimum atomic E-state index is -4.73. The summed E-state index contributed by atoms with van der Waals surface area (Å²) in [7, 11) is -4.73. The summed E-state index contributed by atoms with van der Waals surface area (Å²) in [5.74, 6) is -1.45. The summed E-state index contributed by atoms with van der Waals surface area (Å²) < 4.78 is 39.3. The standard InChI is InChI=1S/C52H99O11P/c1-4-7-10-13-16-19-22-23-24-25-28-31-34-37-40-43-52(56)63-49(45-59-50(54)41-38-35-32-29-26-20-17-14-11-8-5-2)47-61-64(57,58)60-46-48(44-53)62-51(55)42-39-36-33-30-27-21-18-15-12-9-6-3/h14,17,48-49,53H,4-13,15-16,18-47H2,1-3H3,(H,57,58)/b17-14-. The minimum absolute atomic E-state index is 0.174. The Bertz CT molecular complexity index is 1130. The predicted octanol–water partition coefficient (Wildman–Crippen LogP) is 14.9. The molecule has 0 amide bonds. The van der Waals surface area contributed by atoms with Crippen LogP contribution < -0.4 is 0 Å². The lowest BCUT2D eigenvalue weighted by atomic mass is 10.0. The second-order valence-electron chi connectivity index (χ2n) is 18.1. The maximum absolute atomic E-state index is 12.8. The lowest BCUT2D eigenvalue weighted by molar-refractivity contribution is -0.161. The number of aliphatic hydroxyl groups excluding tert-OH is 1. The molecule has 0 aromatic heterocycles. The molecule has 0 heterocycles. The van der Waals surface area contributed by atoms with E-state index in [0.29, 0.717) is 19.3 Å². The molecule has 2 N–H and O–H groups in total. The van der Waals surface area contributed by atoms with Crippen molar-refractivity contribution in [3.63, 3.8) is 0 Å². The molecule has 0 saturated carbocycles. The average Bonchev–Trinajstić information content (AvgIpc) is 3.28. The van der Waals surface area contributed by atoms with Crippen molar-refractivity contribution < 1.29 is 52.2 Å². The Balaban J connectivity index is 4.69. The van der Waals surface area contributed by atoms with Gasteiger partial charge in [-0.15, -0.1) is 0 Å². The van der Waals surface area contributed by atoms with Crippen LogP contribution in [-0.2, 0) is 42.2 Å². The second-order valence-corrected chi connectivity index (χ2v) is 19.5. The van der Waals surface area contributed by atoms with E-state index in [1.165, 1.54) is 128 Å². The van der Waals surface area contributed by atoms with Gasteiger partial charge in [-0.3, -0.25) is 23.4 Å². The van der Waals surface area contributed by atoms with Gasteiger partial charge >= 0.3 is 25.7 Å². The molecule has 3 unspecified atom stereocenters. The van der Waals surface area contributed by atoms with Crippen molar-refractivity contribution in [3.8, 4) is 0 Å². The number of phosphoric ester groups is 1. The highest BCUT2D eigenvalue weighted by atomic mass is 31.2. The lowest BCUT2D eigenvalue weighted by Gasteiger charge is -2.21. The molecule has 0 aliphatic rings. The third-order valence-corrected chi connectivity index (χ3v) is 12.6. The van der Waals surface area contributed by atoms with E-state index in [2.05, 4.69) is 32.9 Å². The van der Waals surface area contributed by atoms with Gasteiger partial charge in [-0.05, 0) is 38.5 Å². The fourth-order valence-corrected chi connectivity index (χ4v) is 8.36. The number of esters is 3. The van der Waals surface area contributed by atoms with Crippen LogP contribution >= 0.6 is 7.82 Å². The van der Waals surface area contributed by atoms with Crippen molar-refractivity contribution in [1.29, 1.82) is 0 Å². The highest BCUT2D eigenvalue weighted by Crippen LogP contribution is 2.43.